The number of carbonyl (C=O) groups excluding carboxylic acids is 1. The van der Waals surface area contributed by atoms with Crippen molar-refractivity contribution in [2.45, 2.75) is 39.7 Å². The number of H-pyrrole nitrogens is 1. The van der Waals surface area contributed by atoms with Crippen molar-refractivity contribution in [2.75, 3.05) is 0 Å². The minimum absolute atomic E-state index is 0.000327. The standard InChI is InChI=1S/C13H17N3OS3/c1-7(2)9-6-19-12(16-9)5-14-11(17)4-10-8(3)15-13(18)20-10/h6-7H,4-5H2,1-3H3,(H,14,17)(H,15,18). The zero-order valence-corrected chi connectivity index (χ0v) is 14.1. The van der Waals surface area contributed by atoms with Crippen molar-refractivity contribution < 1.29 is 4.79 Å². The highest BCUT2D eigenvalue weighted by atomic mass is 32.1. The summed E-state index contributed by atoms with van der Waals surface area (Å²) < 4.78 is 0.715. The lowest BCUT2D eigenvalue weighted by Crippen LogP contribution is -2.24. The molecule has 0 radical (unpaired) electrons. The number of aryl methyl sites for hydroxylation is 1. The Hall–Kier alpha value is -1.05. The maximum absolute atomic E-state index is 11.9. The van der Waals surface area contributed by atoms with Crippen LogP contribution in [0, 0.1) is 10.9 Å². The number of aromatic nitrogens is 2. The van der Waals surface area contributed by atoms with Gasteiger partial charge in [-0.2, -0.15) is 0 Å². The van der Waals surface area contributed by atoms with Crippen LogP contribution in [0.3, 0.4) is 0 Å². The molecule has 20 heavy (non-hydrogen) atoms. The van der Waals surface area contributed by atoms with Gasteiger partial charge < -0.3 is 10.3 Å². The molecule has 1 amide bonds. The molecule has 2 rings (SSSR count). The van der Waals surface area contributed by atoms with E-state index >= 15 is 0 Å². The molecule has 2 aromatic heterocycles. The second-order valence-electron chi connectivity index (χ2n) is 4.84. The van der Waals surface area contributed by atoms with Gasteiger partial charge in [0.05, 0.1) is 18.7 Å². The van der Waals surface area contributed by atoms with E-state index in [4.69, 9.17) is 12.2 Å². The lowest BCUT2D eigenvalue weighted by molar-refractivity contribution is -0.120. The maximum Gasteiger partial charge on any atom is 0.225 e. The lowest BCUT2D eigenvalue weighted by Gasteiger charge is -2.02. The molecule has 0 unspecified atom stereocenters. The third-order valence-corrected chi connectivity index (χ3v) is 5.05. The predicted octanol–water partition coefficient (Wildman–Crippen LogP) is 3.55. The summed E-state index contributed by atoms with van der Waals surface area (Å²) in [7, 11) is 0. The van der Waals surface area contributed by atoms with E-state index in [9.17, 15) is 4.79 Å². The summed E-state index contributed by atoms with van der Waals surface area (Å²) >= 11 is 8.11. The zero-order chi connectivity index (χ0) is 14.7. The second kappa shape index (κ2) is 6.60. The largest absolute Gasteiger partial charge is 0.349 e. The summed E-state index contributed by atoms with van der Waals surface area (Å²) in [5.41, 5.74) is 2.06. The van der Waals surface area contributed by atoms with Crippen LogP contribution in [0.2, 0.25) is 0 Å². The number of hydrogen-bond acceptors (Lipinski definition) is 5. The second-order valence-corrected chi connectivity index (χ2v) is 7.55. The topological polar surface area (TPSA) is 57.8 Å². The number of amides is 1. The van der Waals surface area contributed by atoms with Crippen molar-refractivity contribution in [2.24, 2.45) is 0 Å². The molecule has 0 saturated carbocycles. The lowest BCUT2D eigenvalue weighted by atomic mass is 10.2. The van der Waals surface area contributed by atoms with Crippen LogP contribution in [0.4, 0.5) is 0 Å². The third kappa shape index (κ3) is 3.97. The average Bonchev–Trinajstić information content (AvgIpc) is 2.94. The van der Waals surface area contributed by atoms with Gasteiger partial charge in [-0.1, -0.05) is 13.8 Å². The number of nitrogens with zero attached hydrogens (tertiary/aromatic N) is 1. The summed E-state index contributed by atoms with van der Waals surface area (Å²) in [6.45, 7) is 6.65. The maximum atomic E-state index is 11.9. The smallest absolute Gasteiger partial charge is 0.225 e. The fraction of sp³-hybridized carbons (Fsp3) is 0.462. The van der Waals surface area contributed by atoms with Gasteiger partial charge in [0.1, 0.15) is 5.01 Å². The first-order chi connectivity index (χ1) is 9.45. The zero-order valence-electron chi connectivity index (χ0n) is 11.6. The highest BCUT2D eigenvalue weighted by molar-refractivity contribution is 7.73. The van der Waals surface area contributed by atoms with Crippen LogP contribution in [-0.2, 0) is 17.8 Å². The van der Waals surface area contributed by atoms with E-state index in [0.29, 0.717) is 22.8 Å². The molecule has 0 fully saturated rings. The summed E-state index contributed by atoms with van der Waals surface area (Å²) in [5, 5.41) is 5.90. The Bertz CT molecular complexity index is 654. The van der Waals surface area contributed by atoms with E-state index in [2.05, 4.69) is 29.1 Å². The van der Waals surface area contributed by atoms with Gasteiger partial charge in [0.2, 0.25) is 5.91 Å². The molecule has 7 heteroatoms. The van der Waals surface area contributed by atoms with Crippen LogP contribution < -0.4 is 5.32 Å². The summed E-state index contributed by atoms with van der Waals surface area (Å²) in [4.78, 5) is 20.4. The third-order valence-electron chi connectivity index (χ3n) is 2.84. The highest BCUT2D eigenvalue weighted by Gasteiger charge is 2.10. The summed E-state index contributed by atoms with van der Waals surface area (Å²) in [6, 6.07) is 0. The molecule has 0 atom stereocenters. The van der Waals surface area contributed by atoms with Crippen molar-refractivity contribution in [3.63, 3.8) is 0 Å². The van der Waals surface area contributed by atoms with Gasteiger partial charge in [-0.3, -0.25) is 4.79 Å². The van der Waals surface area contributed by atoms with Crippen molar-refractivity contribution in [3.05, 3.63) is 30.6 Å². The van der Waals surface area contributed by atoms with Crippen LogP contribution in [0.15, 0.2) is 5.38 Å². The summed E-state index contributed by atoms with van der Waals surface area (Å²) in [6.07, 6.45) is 0.367. The number of nitrogens with one attached hydrogen (secondary N) is 2. The van der Waals surface area contributed by atoms with E-state index in [1.165, 1.54) is 11.3 Å². The minimum atomic E-state index is -0.000327. The summed E-state index contributed by atoms with van der Waals surface area (Å²) in [5.74, 6) is 0.421. The normalized spacial score (nSPS) is 11.0. The molecule has 2 N–H and O–H groups in total. The van der Waals surface area contributed by atoms with Gasteiger partial charge in [-0.15, -0.1) is 22.7 Å². The molecule has 0 aromatic carbocycles. The van der Waals surface area contributed by atoms with E-state index in [1.54, 1.807) is 11.3 Å². The molecule has 2 heterocycles. The number of carbonyl (C=O) groups is 1. The van der Waals surface area contributed by atoms with E-state index < -0.39 is 0 Å². The fourth-order valence-electron chi connectivity index (χ4n) is 1.66. The van der Waals surface area contributed by atoms with E-state index in [0.717, 1.165) is 21.3 Å². The van der Waals surface area contributed by atoms with E-state index in [-0.39, 0.29) is 5.91 Å². The SMILES string of the molecule is Cc1[nH]c(=S)sc1CC(=O)NCc1nc(C(C)C)cs1. The van der Waals surface area contributed by atoms with Crippen LogP contribution in [0.5, 0.6) is 0 Å². The molecule has 108 valence electrons. The van der Waals surface area contributed by atoms with Gasteiger partial charge in [0, 0.05) is 16.0 Å². The van der Waals surface area contributed by atoms with Gasteiger partial charge in [0.25, 0.3) is 0 Å². The Kier molecular flexibility index (Phi) is 5.06. The Morgan fingerprint density at radius 2 is 2.30 bits per heavy atom. The highest BCUT2D eigenvalue weighted by Crippen LogP contribution is 2.18. The minimum Gasteiger partial charge on any atom is -0.349 e. The molecular formula is C13H17N3OS3. The number of aromatic amines is 1. The molecule has 0 aliphatic heterocycles. The molecule has 0 bridgehead atoms. The van der Waals surface area contributed by atoms with Gasteiger partial charge in [-0.05, 0) is 25.1 Å². The van der Waals surface area contributed by atoms with Crippen LogP contribution in [0.1, 0.15) is 41.0 Å². The van der Waals surface area contributed by atoms with Crippen LogP contribution >= 0.6 is 34.9 Å². The first kappa shape index (κ1) is 15.3. The average molecular weight is 328 g/mol. The molecule has 0 spiro atoms. The molecule has 2 aromatic rings. The Labute approximate surface area is 131 Å². The molecule has 4 nitrogen and oxygen atoms in total. The fourth-order valence-corrected chi connectivity index (χ4v) is 3.84. The van der Waals surface area contributed by atoms with Crippen molar-refractivity contribution >= 4 is 40.8 Å². The molecule has 0 saturated heterocycles. The number of thiazole rings is 2. The molecule has 0 aliphatic rings. The van der Waals surface area contributed by atoms with Crippen LogP contribution in [0.25, 0.3) is 0 Å². The van der Waals surface area contributed by atoms with E-state index in [1.807, 2.05) is 12.3 Å². The van der Waals surface area contributed by atoms with Crippen molar-refractivity contribution in [1.29, 1.82) is 0 Å². The number of rotatable bonds is 5. The van der Waals surface area contributed by atoms with Gasteiger partial charge >= 0.3 is 0 Å². The first-order valence-electron chi connectivity index (χ1n) is 6.35. The monoisotopic (exact) mass is 327 g/mol. The van der Waals surface area contributed by atoms with Crippen molar-refractivity contribution in [3.8, 4) is 0 Å². The predicted molar refractivity (Wildman–Crippen MR) is 86.0 cm³/mol. The Balaban J connectivity index is 1.88. The first-order valence-corrected chi connectivity index (χ1v) is 8.45. The van der Waals surface area contributed by atoms with Gasteiger partial charge in [-0.25, -0.2) is 4.98 Å². The van der Waals surface area contributed by atoms with Gasteiger partial charge in [0.15, 0.2) is 3.95 Å². The van der Waals surface area contributed by atoms with Crippen molar-refractivity contribution in [1.82, 2.24) is 15.3 Å². The quantitative estimate of drug-likeness (QED) is 0.826. The van der Waals surface area contributed by atoms with Crippen LogP contribution in [-0.4, -0.2) is 15.9 Å². The molecular weight excluding hydrogens is 310 g/mol. The molecule has 0 aliphatic carbocycles. The number of hydrogen-bond donors (Lipinski definition) is 2. The Morgan fingerprint density at radius 1 is 1.55 bits per heavy atom. The Morgan fingerprint density at radius 3 is 2.85 bits per heavy atom.